The van der Waals surface area contributed by atoms with Crippen molar-refractivity contribution in [2.45, 2.75) is 19.0 Å². The molecule has 0 spiro atoms. The van der Waals surface area contributed by atoms with E-state index in [4.69, 9.17) is 9.47 Å². The molecule has 1 aromatic rings. The smallest absolute Gasteiger partial charge is 0.405 e. The SMILES string of the molecule is COc1cccc(C(=O)N2CCC(C(=O)NCC(F)(F)F)CC2)c1OC. The minimum Gasteiger partial charge on any atom is -0.493 e. The van der Waals surface area contributed by atoms with Crippen LogP contribution in [0.2, 0.25) is 0 Å². The average molecular weight is 374 g/mol. The van der Waals surface area contributed by atoms with Gasteiger partial charge in [0.15, 0.2) is 11.5 Å². The predicted molar refractivity (Wildman–Crippen MR) is 87.2 cm³/mol. The van der Waals surface area contributed by atoms with Gasteiger partial charge < -0.3 is 19.7 Å². The Bertz CT molecular complexity index is 656. The largest absolute Gasteiger partial charge is 0.493 e. The first-order valence-corrected chi connectivity index (χ1v) is 8.11. The molecule has 1 N–H and O–H groups in total. The Morgan fingerprint density at radius 3 is 2.38 bits per heavy atom. The lowest BCUT2D eigenvalue weighted by Crippen LogP contribution is -2.44. The number of para-hydroxylation sites is 1. The molecule has 0 radical (unpaired) electrons. The highest BCUT2D eigenvalue weighted by molar-refractivity contribution is 5.98. The number of amides is 2. The Morgan fingerprint density at radius 2 is 1.85 bits per heavy atom. The first kappa shape index (κ1) is 19.9. The molecule has 1 aliphatic heterocycles. The Balaban J connectivity index is 1.98. The van der Waals surface area contributed by atoms with E-state index in [1.807, 2.05) is 5.32 Å². The summed E-state index contributed by atoms with van der Waals surface area (Å²) in [5.41, 5.74) is 0.340. The molecule has 0 bridgehead atoms. The van der Waals surface area contributed by atoms with Crippen LogP contribution in [0.1, 0.15) is 23.2 Å². The zero-order chi connectivity index (χ0) is 19.3. The summed E-state index contributed by atoms with van der Waals surface area (Å²) in [6.07, 6.45) is -3.82. The number of likely N-dealkylation sites (tertiary alicyclic amines) is 1. The molecule has 144 valence electrons. The summed E-state index contributed by atoms with van der Waals surface area (Å²) < 4.78 is 47.0. The number of hydrogen-bond donors (Lipinski definition) is 1. The predicted octanol–water partition coefficient (Wildman–Crippen LogP) is 2.23. The van der Waals surface area contributed by atoms with Crippen LogP contribution < -0.4 is 14.8 Å². The number of carbonyl (C=O) groups excluding carboxylic acids is 2. The van der Waals surface area contributed by atoms with Gasteiger partial charge in [-0.3, -0.25) is 9.59 Å². The molecule has 0 aromatic heterocycles. The van der Waals surface area contributed by atoms with E-state index in [0.717, 1.165) is 0 Å². The molecule has 6 nitrogen and oxygen atoms in total. The number of halogens is 3. The second kappa shape index (κ2) is 8.29. The number of piperidine rings is 1. The van der Waals surface area contributed by atoms with Gasteiger partial charge in [-0.25, -0.2) is 0 Å². The molecule has 0 aliphatic carbocycles. The van der Waals surface area contributed by atoms with Gasteiger partial charge in [0, 0.05) is 19.0 Å². The van der Waals surface area contributed by atoms with Crippen molar-refractivity contribution in [1.82, 2.24) is 10.2 Å². The van der Waals surface area contributed by atoms with E-state index >= 15 is 0 Å². The molecule has 9 heteroatoms. The summed E-state index contributed by atoms with van der Waals surface area (Å²) in [5.74, 6) is -0.679. The van der Waals surface area contributed by atoms with Gasteiger partial charge in [-0.05, 0) is 25.0 Å². The van der Waals surface area contributed by atoms with Crippen molar-refractivity contribution in [2.75, 3.05) is 33.9 Å². The summed E-state index contributed by atoms with van der Waals surface area (Å²) in [5, 5.41) is 1.90. The number of hydrogen-bond acceptors (Lipinski definition) is 4. The molecule has 1 aliphatic rings. The highest BCUT2D eigenvalue weighted by Gasteiger charge is 2.32. The summed E-state index contributed by atoms with van der Waals surface area (Å²) in [7, 11) is 2.91. The van der Waals surface area contributed by atoms with Crippen molar-refractivity contribution >= 4 is 11.8 Å². The molecular formula is C17H21F3N2O4. The van der Waals surface area contributed by atoms with Crippen LogP contribution >= 0.6 is 0 Å². The Morgan fingerprint density at radius 1 is 1.19 bits per heavy atom. The van der Waals surface area contributed by atoms with Crippen LogP contribution in [0.15, 0.2) is 18.2 Å². The maximum absolute atomic E-state index is 12.7. The van der Waals surface area contributed by atoms with Gasteiger partial charge in [0.1, 0.15) is 6.54 Å². The van der Waals surface area contributed by atoms with E-state index in [0.29, 0.717) is 29.9 Å². The van der Waals surface area contributed by atoms with E-state index in [2.05, 4.69) is 0 Å². The zero-order valence-corrected chi connectivity index (χ0v) is 14.6. The zero-order valence-electron chi connectivity index (χ0n) is 14.6. The molecular weight excluding hydrogens is 353 g/mol. The minimum absolute atomic E-state index is 0.269. The highest BCUT2D eigenvalue weighted by Crippen LogP contribution is 2.32. The van der Waals surface area contributed by atoms with Crippen LogP contribution in [0.3, 0.4) is 0 Å². The molecule has 2 amide bonds. The number of benzene rings is 1. The van der Waals surface area contributed by atoms with Crippen LogP contribution in [-0.2, 0) is 4.79 Å². The number of alkyl halides is 3. The van der Waals surface area contributed by atoms with Crippen LogP contribution in [0, 0.1) is 5.92 Å². The van der Waals surface area contributed by atoms with Gasteiger partial charge in [-0.1, -0.05) is 6.07 Å². The molecule has 1 fully saturated rings. The monoisotopic (exact) mass is 374 g/mol. The molecule has 1 heterocycles. The number of nitrogens with one attached hydrogen (secondary N) is 1. The lowest BCUT2D eigenvalue weighted by atomic mass is 9.95. The van der Waals surface area contributed by atoms with E-state index in [1.54, 1.807) is 23.1 Å². The summed E-state index contributed by atoms with van der Waals surface area (Å²) >= 11 is 0. The Hall–Kier alpha value is -2.45. The molecule has 1 saturated heterocycles. The van der Waals surface area contributed by atoms with Crippen molar-refractivity contribution in [1.29, 1.82) is 0 Å². The molecule has 1 aromatic carbocycles. The van der Waals surface area contributed by atoms with Gasteiger partial charge in [0.25, 0.3) is 5.91 Å². The van der Waals surface area contributed by atoms with E-state index in [1.165, 1.54) is 14.2 Å². The number of nitrogens with zero attached hydrogens (tertiary/aromatic N) is 1. The van der Waals surface area contributed by atoms with Gasteiger partial charge in [-0.2, -0.15) is 13.2 Å². The van der Waals surface area contributed by atoms with Crippen LogP contribution in [-0.4, -0.2) is 56.7 Å². The fourth-order valence-electron chi connectivity index (χ4n) is 2.90. The molecule has 26 heavy (non-hydrogen) atoms. The normalized spacial score (nSPS) is 15.5. The second-order valence-electron chi connectivity index (χ2n) is 5.94. The fraction of sp³-hybridized carbons (Fsp3) is 0.529. The third-order valence-electron chi connectivity index (χ3n) is 4.25. The van der Waals surface area contributed by atoms with Crippen molar-refractivity contribution in [3.63, 3.8) is 0 Å². The maximum Gasteiger partial charge on any atom is 0.405 e. The number of ether oxygens (including phenoxy) is 2. The van der Waals surface area contributed by atoms with Gasteiger partial charge in [0.2, 0.25) is 5.91 Å². The van der Waals surface area contributed by atoms with E-state index < -0.39 is 24.5 Å². The van der Waals surface area contributed by atoms with Crippen molar-refractivity contribution in [3.05, 3.63) is 23.8 Å². The molecule has 2 rings (SSSR count). The highest BCUT2D eigenvalue weighted by atomic mass is 19.4. The molecule has 0 atom stereocenters. The average Bonchev–Trinajstić information content (AvgIpc) is 2.64. The van der Waals surface area contributed by atoms with Crippen LogP contribution in [0.5, 0.6) is 11.5 Å². The topological polar surface area (TPSA) is 67.9 Å². The van der Waals surface area contributed by atoms with Crippen LogP contribution in [0.25, 0.3) is 0 Å². The first-order chi connectivity index (χ1) is 12.3. The van der Waals surface area contributed by atoms with Crippen molar-refractivity contribution in [3.8, 4) is 11.5 Å². The third kappa shape index (κ3) is 4.80. The molecule has 0 unspecified atom stereocenters. The number of methoxy groups -OCH3 is 2. The number of rotatable bonds is 5. The van der Waals surface area contributed by atoms with E-state index in [-0.39, 0.29) is 19.0 Å². The van der Waals surface area contributed by atoms with Gasteiger partial charge in [0.05, 0.1) is 19.8 Å². The number of carbonyl (C=O) groups is 2. The standard InChI is InChI=1S/C17H21F3N2O4/c1-25-13-5-3-4-12(14(13)26-2)16(24)22-8-6-11(7-9-22)15(23)21-10-17(18,19)20/h3-5,11H,6-10H2,1-2H3,(H,21,23). The van der Waals surface area contributed by atoms with Gasteiger partial charge in [-0.15, -0.1) is 0 Å². The quantitative estimate of drug-likeness (QED) is 0.858. The lowest BCUT2D eigenvalue weighted by molar-refractivity contribution is -0.141. The Kier molecular flexibility index (Phi) is 6.33. The van der Waals surface area contributed by atoms with Crippen molar-refractivity contribution < 1.29 is 32.2 Å². The second-order valence-corrected chi connectivity index (χ2v) is 5.94. The van der Waals surface area contributed by atoms with E-state index in [9.17, 15) is 22.8 Å². The summed E-state index contributed by atoms with van der Waals surface area (Å²) in [6.45, 7) is -0.779. The summed E-state index contributed by atoms with van der Waals surface area (Å²) in [6, 6.07) is 4.96. The lowest BCUT2D eigenvalue weighted by Gasteiger charge is -2.31. The minimum atomic E-state index is -4.44. The van der Waals surface area contributed by atoms with Gasteiger partial charge >= 0.3 is 6.18 Å². The van der Waals surface area contributed by atoms with Crippen LogP contribution in [0.4, 0.5) is 13.2 Å². The maximum atomic E-state index is 12.7. The fourth-order valence-corrected chi connectivity index (χ4v) is 2.90. The Labute approximate surface area is 149 Å². The first-order valence-electron chi connectivity index (χ1n) is 8.11. The third-order valence-corrected chi connectivity index (χ3v) is 4.25. The van der Waals surface area contributed by atoms with Crippen molar-refractivity contribution in [2.24, 2.45) is 5.92 Å². The molecule has 0 saturated carbocycles. The summed E-state index contributed by atoms with van der Waals surface area (Å²) in [4.78, 5) is 26.1.